The number of phenolic OH excluding ortho intramolecular Hbond substituents is 2. The lowest BCUT2D eigenvalue weighted by Gasteiger charge is -2.09. The van der Waals surface area contributed by atoms with Gasteiger partial charge in [-0.2, -0.15) is 10.2 Å². The number of para-hydroxylation sites is 2. The number of aromatic hydroxyl groups is 2. The van der Waals surface area contributed by atoms with E-state index in [-0.39, 0.29) is 11.5 Å². The normalized spacial score (nSPS) is 11.2. The van der Waals surface area contributed by atoms with Gasteiger partial charge < -0.3 is 19.7 Å². The number of hydrogen-bond donors (Lipinski definition) is 4. The van der Waals surface area contributed by atoms with Gasteiger partial charge in [-0.1, -0.05) is 12.1 Å². The second kappa shape index (κ2) is 10.2. The molecule has 4 aromatic rings. The highest BCUT2D eigenvalue weighted by Gasteiger charge is 2.08. The maximum atomic E-state index is 10.1. The van der Waals surface area contributed by atoms with Crippen LogP contribution >= 0.6 is 0 Å². The minimum absolute atomic E-state index is 0.0248. The van der Waals surface area contributed by atoms with E-state index in [1.54, 1.807) is 24.3 Å². The van der Waals surface area contributed by atoms with Crippen molar-refractivity contribution < 1.29 is 19.7 Å². The third kappa shape index (κ3) is 5.13. The van der Waals surface area contributed by atoms with E-state index in [0.29, 0.717) is 45.3 Å². The van der Waals surface area contributed by atoms with Crippen molar-refractivity contribution in [2.24, 2.45) is 10.2 Å². The van der Waals surface area contributed by atoms with Crippen LogP contribution in [0.3, 0.4) is 0 Å². The van der Waals surface area contributed by atoms with Gasteiger partial charge in [-0.15, -0.1) is 0 Å². The molecule has 0 amide bonds. The Morgan fingerprint density at radius 2 is 1.15 bits per heavy atom. The molecule has 0 aliphatic carbocycles. The van der Waals surface area contributed by atoms with E-state index in [9.17, 15) is 10.2 Å². The highest BCUT2D eigenvalue weighted by molar-refractivity contribution is 5.86. The molecule has 0 spiro atoms. The van der Waals surface area contributed by atoms with Crippen LogP contribution < -0.4 is 20.3 Å². The van der Waals surface area contributed by atoms with Crippen LogP contribution in [-0.2, 0) is 0 Å². The fraction of sp³-hybridized carbons (Fsp3) is 0.0833. The summed E-state index contributed by atoms with van der Waals surface area (Å²) in [5.74, 6) is 1.76. The second-order valence-electron chi connectivity index (χ2n) is 7.00. The van der Waals surface area contributed by atoms with Crippen molar-refractivity contribution >= 4 is 35.1 Å². The smallest absolute Gasteiger partial charge is 0.192 e. The summed E-state index contributed by atoms with van der Waals surface area (Å²) in [6.07, 6.45) is 2.90. The Morgan fingerprint density at radius 3 is 1.53 bits per heavy atom. The zero-order chi connectivity index (χ0) is 23.9. The number of anilines is 2. The molecule has 10 nitrogen and oxygen atoms in total. The molecule has 0 aliphatic rings. The number of ether oxygens (including phenoxy) is 2. The fourth-order valence-electron chi connectivity index (χ4n) is 3.00. The number of benzene rings is 3. The number of fused-ring (bicyclic) bond motifs is 1. The largest absolute Gasteiger partial charge is 0.507 e. The van der Waals surface area contributed by atoms with Gasteiger partial charge in [-0.25, -0.2) is 9.97 Å². The predicted molar refractivity (Wildman–Crippen MR) is 131 cm³/mol. The molecule has 0 unspecified atom stereocenters. The van der Waals surface area contributed by atoms with Crippen LogP contribution in [0.5, 0.6) is 23.0 Å². The third-order valence-corrected chi connectivity index (χ3v) is 4.79. The van der Waals surface area contributed by atoms with E-state index < -0.39 is 0 Å². The molecule has 1 aromatic heterocycles. The summed E-state index contributed by atoms with van der Waals surface area (Å²) in [6.45, 7) is 0. The number of methoxy groups -OCH3 is 2. The van der Waals surface area contributed by atoms with Gasteiger partial charge in [0.05, 0.1) is 37.7 Å². The van der Waals surface area contributed by atoms with Gasteiger partial charge in [0.15, 0.2) is 11.6 Å². The summed E-state index contributed by atoms with van der Waals surface area (Å²) < 4.78 is 10.2. The van der Waals surface area contributed by atoms with Gasteiger partial charge in [0, 0.05) is 23.3 Å². The van der Waals surface area contributed by atoms with E-state index in [0.717, 1.165) is 0 Å². The molecule has 0 fully saturated rings. The summed E-state index contributed by atoms with van der Waals surface area (Å²) in [7, 11) is 3.05. The number of hydrazone groups is 2. The number of nitrogens with one attached hydrogen (secondary N) is 2. The Morgan fingerprint density at radius 1 is 0.706 bits per heavy atom. The summed E-state index contributed by atoms with van der Waals surface area (Å²) in [4.78, 5) is 9.10. The molecule has 4 N–H and O–H groups in total. The van der Waals surface area contributed by atoms with Gasteiger partial charge in [-0.05, 0) is 36.4 Å². The molecular formula is C24H22N6O4. The van der Waals surface area contributed by atoms with Crippen LogP contribution in [0, 0.1) is 0 Å². The monoisotopic (exact) mass is 458 g/mol. The number of hydrogen-bond acceptors (Lipinski definition) is 10. The summed E-state index contributed by atoms with van der Waals surface area (Å²) >= 11 is 0. The van der Waals surface area contributed by atoms with Gasteiger partial charge >= 0.3 is 0 Å². The molecular weight excluding hydrogens is 436 g/mol. The topological polar surface area (TPSA) is 133 Å². The highest BCUT2D eigenvalue weighted by Crippen LogP contribution is 2.24. The molecule has 0 atom stereocenters. The minimum Gasteiger partial charge on any atom is -0.507 e. The van der Waals surface area contributed by atoms with Gasteiger partial charge in [0.2, 0.25) is 0 Å². The molecule has 0 aliphatic heterocycles. The number of nitrogens with zero attached hydrogens (tertiary/aromatic N) is 4. The first-order chi connectivity index (χ1) is 16.6. The molecule has 0 saturated carbocycles. The molecule has 34 heavy (non-hydrogen) atoms. The molecule has 172 valence electrons. The Bertz CT molecular complexity index is 1270. The van der Waals surface area contributed by atoms with Crippen LogP contribution in [-0.4, -0.2) is 46.8 Å². The predicted octanol–water partition coefficient (Wildman–Crippen LogP) is 3.95. The standard InChI is InChI=1S/C24H22N6O4/c1-33-17-9-7-15(21(31)11-17)13-25-29-23-24(28-20-6-4-3-5-19(20)27-23)30-26-14-16-8-10-18(34-2)12-22(16)32/h3-14,31-32H,1-2H3,(H,27,29)(H,28,30)/b25-13+,26-14+. The van der Waals surface area contributed by atoms with Crippen LogP contribution in [0.25, 0.3) is 11.0 Å². The Balaban J connectivity index is 1.57. The molecule has 3 aromatic carbocycles. The molecule has 4 rings (SSSR count). The highest BCUT2D eigenvalue weighted by atomic mass is 16.5. The van der Waals surface area contributed by atoms with Crippen molar-refractivity contribution in [1.29, 1.82) is 0 Å². The van der Waals surface area contributed by atoms with Crippen molar-refractivity contribution in [2.75, 3.05) is 25.1 Å². The summed E-state index contributed by atoms with van der Waals surface area (Å²) in [5, 5.41) is 28.6. The molecule has 0 bridgehead atoms. The summed E-state index contributed by atoms with van der Waals surface area (Å²) in [6, 6.07) is 17.1. The number of aromatic nitrogens is 2. The van der Waals surface area contributed by atoms with E-state index in [1.807, 2.05) is 24.3 Å². The average molecular weight is 458 g/mol. The van der Waals surface area contributed by atoms with Crippen molar-refractivity contribution in [3.8, 4) is 23.0 Å². The molecule has 0 radical (unpaired) electrons. The van der Waals surface area contributed by atoms with Crippen LogP contribution in [0.2, 0.25) is 0 Å². The first-order valence-electron chi connectivity index (χ1n) is 10.2. The molecule has 10 heteroatoms. The SMILES string of the molecule is COc1ccc(/C=N/Nc2nc3ccccc3nc2N/N=C/c2ccc(OC)cc2O)c(O)c1. The Labute approximate surface area is 195 Å². The maximum absolute atomic E-state index is 10.1. The Hall–Kier alpha value is -4.86. The number of rotatable bonds is 8. The lowest BCUT2D eigenvalue weighted by atomic mass is 10.2. The minimum atomic E-state index is 0.0248. The van der Waals surface area contributed by atoms with E-state index >= 15 is 0 Å². The second-order valence-corrected chi connectivity index (χ2v) is 7.00. The molecule has 1 heterocycles. The maximum Gasteiger partial charge on any atom is 0.192 e. The first-order valence-corrected chi connectivity index (χ1v) is 10.2. The first kappa shape index (κ1) is 22.3. The van der Waals surface area contributed by atoms with Crippen molar-refractivity contribution in [2.45, 2.75) is 0 Å². The van der Waals surface area contributed by atoms with E-state index in [4.69, 9.17) is 9.47 Å². The van der Waals surface area contributed by atoms with Gasteiger partial charge in [-0.3, -0.25) is 10.9 Å². The fourth-order valence-corrected chi connectivity index (χ4v) is 3.00. The number of phenols is 2. The quantitative estimate of drug-likeness (QED) is 0.230. The average Bonchev–Trinajstić information content (AvgIpc) is 2.85. The van der Waals surface area contributed by atoms with Gasteiger partial charge in [0.25, 0.3) is 0 Å². The van der Waals surface area contributed by atoms with Crippen molar-refractivity contribution in [3.05, 3.63) is 71.8 Å². The summed E-state index contributed by atoms with van der Waals surface area (Å²) in [5.41, 5.74) is 7.98. The lowest BCUT2D eigenvalue weighted by Crippen LogP contribution is -2.03. The van der Waals surface area contributed by atoms with Gasteiger partial charge in [0.1, 0.15) is 23.0 Å². The van der Waals surface area contributed by atoms with Crippen LogP contribution in [0.4, 0.5) is 11.6 Å². The Kier molecular flexibility index (Phi) is 6.68. The third-order valence-electron chi connectivity index (χ3n) is 4.79. The van der Waals surface area contributed by atoms with Crippen LogP contribution in [0.15, 0.2) is 70.9 Å². The van der Waals surface area contributed by atoms with E-state index in [1.165, 1.54) is 38.8 Å². The molecule has 0 saturated heterocycles. The van der Waals surface area contributed by atoms with Crippen LogP contribution in [0.1, 0.15) is 11.1 Å². The van der Waals surface area contributed by atoms with E-state index in [2.05, 4.69) is 31.0 Å². The zero-order valence-corrected chi connectivity index (χ0v) is 18.4. The van der Waals surface area contributed by atoms with Crippen molar-refractivity contribution in [1.82, 2.24) is 9.97 Å². The van der Waals surface area contributed by atoms with Crippen molar-refractivity contribution in [3.63, 3.8) is 0 Å². The lowest BCUT2D eigenvalue weighted by molar-refractivity contribution is 0.407. The zero-order valence-electron chi connectivity index (χ0n) is 18.4.